The molecule has 0 heterocycles. The zero-order valence-corrected chi connectivity index (χ0v) is 13.7. The average Bonchev–Trinajstić information content (AvgIpc) is 2.55. The molecule has 1 atom stereocenters. The maximum atomic E-state index is 12.2. The molecule has 2 nitrogen and oxygen atoms in total. The monoisotopic (exact) mass is 295 g/mol. The average molecular weight is 295 g/mol. The first kappa shape index (κ1) is 16.3. The fourth-order valence-electron chi connectivity index (χ4n) is 2.88. The Labute approximate surface area is 133 Å². The van der Waals surface area contributed by atoms with Gasteiger partial charge >= 0.3 is 0 Å². The molecule has 2 rings (SSSR count). The Balaban J connectivity index is 2.36. The Hall–Kier alpha value is -2.09. The first-order chi connectivity index (χ1) is 10.7. The van der Waals surface area contributed by atoms with Crippen LogP contribution in [0.5, 0.6) is 0 Å². The molecule has 0 aliphatic heterocycles. The molecule has 22 heavy (non-hydrogen) atoms. The first-order valence-electron chi connectivity index (χ1n) is 8.06. The van der Waals surface area contributed by atoms with Crippen LogP contribution < -0.4 is 5.32 Å². The van der Waals surface area contributed by atoms with Gasteiger partial charge in [0.15, 0.2) is 0 Å². The van der Waals surface area contributed by atoms with Crippen molar-refractivity contribution in [3.8, 4) is 11.1 Å². The van der Waals surface area contributed by atoms with Gasteiger partial charge in [-0.15, -0.1) is 0 Å². The highest BCUT2D eigenvalue weighted by Gasteiger charge is 2.14. The van der Waals surface area contributed by atoms with E-state index >= 15 is 0 Å². The number of carbonyl (C=O) groups is 1. The lowest BCUT2D eigenvalue weighted by molar-refractivity contribution is 0.0962. The third kappa shape index (κ3) is 3.97. The van der Waals surface area contributed by atoms with Crippen molar-refractivity contribution in [2.45, 2.75) is 33.1 Å². The summed E-state index contributed by atoms with van der Waals surface area (Å²) in [5.74, 6) is 0.590. The van der Waals surface area contributed by atoms with E-state index in [2.05, 4.69) is 43.4 Å². The molecule has 1 amide bonds. The Morgan fingerprint density at radius 1 is 1.09 bits per heavy atom. The van der Waals surface area contributed by atoms with E-state index in [-0.39, 0.29) is 5.91 Å². The molecule has 0 saturated carbocycles. The SMILES string of the molecule is CCCC(C)Cc1ccc(-c2ccccc2)cc1C(=O)NC. The topological polar surface area (TPSA) is 29.1 Å². The second kappa shape index (κ2) is 7.79. The van der Waals surface area contributed by atoms with Crippen molar-refractivity contribution in [3.05, 3.63) is 59.7 Å². The minimum absolute atomic E-state index is 0.00326. The lowest BCUT2D eigenvalue weighted by Crippen LogP contribution is -2.20. The van der Waals surface area contributed by atoms with Crippen molar-refractivity contribution >= 4 is 5.91 Å². The number of hydrogen-bond acceptors (Lipinski definition) is 1. The molecule has 1 N–H and O–H groups in total. The minimum Gasteiger partial charge on any atom is -0.355 e. The zero-order valence-electron chi connectivity index (χ0n) is 13.7. The van der Waals surface area contributed by atoms with E-state index in [1.54, 1.807) is 7.05 Å². The second-order valence-electron chi connectivity index (χ2n) is 5.92. The number of nitrogens with one attached hydrogen (secondary N) is 1. The van der Waals surface area contributed by atoms with Crippen LogP contribution in [0.2, 0.25) is 0 Å². The van der Waals surface area contributed by atoms with Crippen LogP contribution in [-0.4, -0.2) is 13.0 Å². The number of carbonyl (C=O) groups excluding carboxylic acids is 1. The second-order valence-corrected chi connectivity index (χ2v) is 5.92. The quantitative estimate of drug-likeness (QED) is 0.823. The van der Waals surface area contributed by atoms with E-state index in [9.17, 15) is 4.79 Å². The largest absolute Gasteiger partial charge is 0.355 e. The van der Waals surface area contributed by atoms with E-state index in [0.29, 0.717) is 5.92 Å². The summed E-state index contributed by atoms with van der Waals surface area (Å²) in [6.07, 6.45) is 3.32. The van der Waals surface area contributed by atoms with E-state index in [1.807, 2.05) is 24.3 Å². The lowest BCUT2D eigenvalue weighted by Gasteiger charge is -2.15. The fraction of sp³-hybridized carbons (Fsp3) is 0.350. The predicted molar refractivity (Wildman–Crippen MR) is 93.0 cm³/mol. The summed E-state index contributed by atoms with van der Waals surface area (Å²) in [6, 6.07) is 16.4. The Morgan fingerprint density at radius 2 is 1.82 bits per heavy atom. The maximum Gasteiger partial charge on any atom is 0.251 e. The molecule has 0 aliphatic rings. The highest BCUT2D eigenvalue weighted by Crippen LogP contribution is 2.25. The molecule has 0 fully saturated rings. The summed E-state index contributed by atoms with van der Waals surface area (Å²) in [7, 11) is 1.69. The molecule has 2 aromatic carbocycles. The van der Waals surface area contributed by atoms with E-state index in [0.717, 1.165) is 28.7 Å². The molecule has 0 aliphatic carbocycles. The molecule has 0 bridgehead atoms. The van der Waals surface area contributed by atoms with Gasteiger partial charge in [-0.05, 0) is 35.1 Å². The molecule has 2 heteroatoms. The van der Waals surface area contributed by atoms with Gasteiger partial charge in [0.2, 0.25) is 0 Å². The van der Waals surface area contributed by atoms with Crippen LogP contribution in [0.25, 0.3) is 11.1 Å². The minimum atomic E-state index is -0.00326. The molecular weight excluding hydrogens is 270 g/mol. The Bertz CT molecular complexity index is 619. The van der Waals surface area contributed by atoms with Crippen molar-refractivity contribution in [2.24, 2.45) is 5.92 Å². The summed E-state index contributed by atoms with van der Waals surface area (Å²) in [6.45, 7) is 4.46. The highest BCUT2D eigenvalue weighted by molar-refractivity contribution is 5.96. The summed E-state index contributed by atoms with van der Waals surface area (Å²) in [4.78, 5) is 12.2. The van der Waals surface area contributed by atoms with Crippen molar-refractivity contribution in [3.63, 3.8) is 0 Å². The lowest BCUT2D eigenvalue weighted by atomic mass is 9.91. The van der Waals surface area contributed by atoms with Gasteiger partial charge in [-0.25, -0.2) is 0 Å². The number of hydrogen-bond donors (Lipinski definition) is 1. The van der Waals surface area contributed by atoms with Crippen LogP contribution in [0.3, 0.4) is 0 Å². The van der Waals surface area contributed by atoms with Crippen LogP contribution in [0.15, 0.2) is 48.5 Å². The third-order valence-electron chi connectivity index (χ3n) is 4.04. The molecule has 0 radical (unpaired) electrons. The zero-order chi connectivity index (χ0) is 15.9. The molecule has 1 unspecified atom stereocenters. The van der Waals surface area contributed by atoms with Gasteiger partial charge in [-0.3, -0.25) is 4.79 Å². The van der Waals surface area contributed by atoms with Crippen molar-refractivity contribution in [1.29, 1.82) is 0 Å². The van der Waals surface area contributed by atoms with Crippen LogP contribution in [0.4, 0.5) is 0 Å². The smallest absolute Gasteiger partial charge is 0.251 e. The van der Waals surface area contributed by atoms with Gasteiger partial charge in [0.05, 0.1) is 0 Å². The molecule has 0 saturated heterocycles. The van der Waals surface area contributed by atoms with Gasteiger partial charge in [0.1, 0.15) is 0 Å². The Morgan fingerprint density at radius 3 is 2.45 bits per heavy atom. The van der Waals surface area contributed by atoms with Crippen LogP contribution in [0, 0.1) is 5.92 Å². The van der Waals surface area contributed by atoms with Gasteiger partial charge < -0.3 is 5.32 Å². The first-order valence-corrected chi connectivity index (χ1v) is 8.06. The van der Waals surface area contributed by atoms with Gasteiger partial charge in [-0.1, -0.05) is 69.2 Å². The molecule has 0 spiro atoms. The van der Waals surface area contributed by atoms with E-state index in [1.165, 1.54) is 12.8 Å². The van der Waals surface area contributed by atoms with Crippen molar-refractivity contribution in [2.75, 3.05) is 7.05 Å². The van der Waals surface area contributed by atoms with Gasteiger partial charge in [0, 0.05) is 12.6 Å². The standard InChI is InChI=1S/C20H25NO/c1-4-8-15(2)13-18-12-11-17(14-19(18)20(22)21-3)16-9-6-5-7-10-16/h5-7,9-12,14-15H,4,8,13H2,1-3H3,(H,21,22). The molecule has 2 aromatic rings. The summed E-state index contributed by atoms with van der Waals surface area (Å²) in [5.41, 5.74) is 4.17. The van der Waals surface area contributed by atoms with Crippen LogP contribution in [0.1, 0.15) is 42.6 Å². The van der Waals surface area contributed by atoms with E-state index in [4.69, 9.17) is 0 Å². The number of benzene rings is 2. The normalized spacial score (nSPS) is 12.0. The van der Waals surface area contributed by atoms with Gasteiger partial charge in [-0.2, -0.15) is 0 Å². The Kier molecular flexibility index (Phi) is 5.76. The van der Waals surface area contributed by atoms with Crippen molar-refractivity contribution < 1.29 is 4.79 Å². The summed E-state index contributed by atoms with van der Waals surface area (Å²) < 4.78 is 0. The molecular formula is C20H25NO. The van der Waals surface area contributed by atoms with E-state index < -0.39 is 0 Å². The van der Waals surface area contributed by atoms with Crippen LogP contribution in [-0.2, 0) is 6.42 Å². The highest BCUT2D eigenvalue weighted by atomic mass is 16.1. The number of amides is 1. The molecule has 0 aromatic heterocycles. The summed E-state index contributed by atoms with van der Waals surface area (Å²) >= 11 is 0. The van der Waals surface area contributed by atoms with Gasteiger partial charge in [0.25, 0.3) is 5.91 Å². The van der Waals surface area contributed by atoms with Crippen molar-refractivity contribution in [1.82, 2.24) is 5.32 Å². The number of rotatable bonds is 6. The van der Waals surface area contributed by atoms with Crippen LogP contribution >= 0.6 is 0 Å². The summed E-state index contributed by atoms with van der Waals surface area (Å²) in [5, 5.41) is 2.77. The molecule has 116 valence electrons. The fourth-order valence-corrected chi connectivity index (χ4v) is 2.88. The third-order valence-corrected chi connectivity index (χ3v) is 4.04. The maximum absolute atomic E-state index is 12.2. The predicted octanol–water partition coefficient (Wildman–Crippen LogP) is 4.69.